The lowest BCUT2D eigenvalue weighted by atomic mass is 10.2. The van der Waals surface area contributed by atoms with Gasteiger partial charge < -0.3 is 16.0 Å². The summed E-state index contributed by atoms with van der Waals surface area (Å²) >= 11 is 11.8. The van der Waals surface area contributed by atoms with Crippen LogP contribution in [0.3, 0.4) is 0 Å². The van der Waals surface area contributed by atoms with Crippen LogP contribution in [0, 0.1) is 5.41 Å². The lowest BCUT2D eigenvalue weighted by molar-refractivity contribution is 0.589. The van der Waals surface area contributed by atoms with Crippen molar-refractivity contribution < 1.29 is 0 Å². The second-order valence-electron chi connectivity index (χ2n) is 3.50. The molecule has 1 aromatic rings. The summed E-state index contributed by atoms with van der Waals surface area (Å²) in [4.78, 5) is 2.30. The van der Waals surface area contributed by atoms with E-state index in [1.54, 1.807) is 0 Å². The van der Waals surface area contributed by atoms with Gasteiger partial charge in [0.15, 0.2) is 0 Å². The standard InChI is InChI=1S/C10H12Cl2N2.CH4N2/c11-9-2-1-8(7-10(9)12)14-5-3-13-4-6-14;2-1-3/h1-2,7,13H,3-6H2;1H,(H3,2,3). The van der Waals surface area contributed by atoms with Gasteiger partial charge in [-0.05, 0) is 18.2 Å². The Hall–Kier alpha value is -0.970. The van der Waals surface area contributed by atoms with Gasteiger partial charge in [-0.1, -0.05) is 23.2 Å². The van der Waals surface area contributed by atoms with Crippen LogP contribution in [0.1, 0.15) is 0 Å². The van der Waals surface area contributed by atoms with E-state index in [-0.39, 0.29) is 0 Å². The lowest BCUT2D eigenvalue weighted by Crippen LogP contribution is -2.43. The molecule has 1 aliphatic rings. The molecule has 4 nitrogen and oxygen atoms in total. The van der Waals surface area contributed by atoms with E-state index in [9.17, 15) is 0 Å². The van der Waals surface area contributed by atoms with Crippen molar-refractivity contribution in [2.75, 3.05) is 31.1 Å². The van der Waals surface area contributed by atoms with Crippen molar-refractivity contribution >= 4 is 35.2 Å². The van der Waals surface area contributed by atoms with E-state index in [0.29, 0.717) is 10.0 Å². The molecule has 4 N–H and O–H groups in total. The summed E-state index contributed by atoms with van der Waals surface area (Å²) in [5.41, 5.74) is 5.54. The highest BCUT2D eigenvalue weighted by Crippen LogP contribution is 2.27. The molecule has 1 fully saturated rings. The molecule has 1 saturated heterocycles. The number of hydrogen-bond donors (Lipinski definition) is 3. The molecule has 0 atom stereocenters. The predicted octanol–water partition coefficient (Wildman–Crippen LogP) is 1.96. The molecular weight excluding hydrogens is 259 g/mol. The van der Waals surface area contributed by atoms with Gasteiger partial charge in [0.1, 0.15) is 0 Å². The number of hydrogen-bond acceptors (Lipinski definition) is 3. The molecule has 1 aliphatic heterocycles. The number of anilines is 1. The van der Waals surface area contributed by atoms with Gasteiger partial charge in [-0.3, -0.25) is 5.41 Å². The van der Waals surface area contributed by atoms with Crippen LogP contribution in [0.15, 0.2) is 18.2 Å². The summed E-state index contributed by atoms with van der Waals surface area (Å²) in [6, 6.07) is 5.79. The second-order valence-corrected chi connectivity index (χ2v) is 4.32. The van der Waals surface area contributed by atoms with Crippen molar-refractivity contribution in [3.63, 3.8) is 0 Å². The first kappa shape index (κ1) is 14.1. The number of nitrogens with two attached hydrogens (primary N) is 1. The van der Waals surface area contributed by atoms with Crippen LogP contribution >= 0.6 is 23.2 Å². The van der Waals surface area contributed by atoms with Crippen molar-refractivity contribution in [1.29, 1.82) is 5.41 Å². The van der Waals surface area contributed by atoms with Crippen molar-refractivity contribution in [3.05, 3.63) is 28.2 Å². The highest BCUT2D eigenvalue weighted by atomic mass is 35.5. The van der Waals surface area contributed by atoms with Crippen LogP contribution in [0.25, 0.3) is 0 Å². The smallest absolute Gasteiger partial charge is 0.0765 e. The number of piperazine rings is 1. The van der Waals surface area contributed by atoms with Gasteiger partial charge in [0, 0.05) is 31.9 Å². The molecule has 0 amide bonds. The molecule has 0 spiro atoms. The van der Waals surface area contributed by atoms with E-state index >= 15 is 0 Å². The normalized spacial score (nSPS) is 14.8. The Morgan fingerprint density at radius 2 is 1.82 bits per heavy atom. The van der Waals surface area contributed by atoms with Crippen molar-refractivity contribution in [1.82, 2.24) is 5.32 Å². The van der Waals surface area contributed by atoms with Gasteiger partial charge in [-0.25, -0.2) is 0 Å². The Morgan fingerprint density at radius 1 is 1.24 bits per heavy atom. The maximum atomic E-state index is 5.96. The average Bonchev–Trinajstić information content (AvgIpc) is 2.35. The van der Waals surface area contributed by atoms with Gasteiger partial charge in [-0.2, -0.15) is 0 Å². The highest BCUT2D eigenvalue weighted by Gasteiger charge is 2.11. The molecule has 0 aromatic heterocycles. The van der Waals surface area contributed by atoms with E-state index in [2.05, 4.69) is 16.0 Å². The third kappa shape index (κ3) is 4.42. The molecule has 1 heterocycles. The van der Waals surface area contributed by atoms with Crippen LogP contribution in [-0.4, -0.2) is 32.5 Å². The molecule has 0 unspecified atom stereocenters. The monoisotopic (exact) mass is 274 g/mol. The molecule has 94 valence electrons. The van der Waals surface area contributed by atoms with Crippen molar-refractivity contribution in [3.8, 4) is 0 Å². The van der Waals surface area contributed by atoms with Gasteiger partial charge in [0.05, 0.1) is 16.4 Å². The fraction of sp³-hybridized carbons (Fsp3) is 0.364. The molecule has 2 rings (SSSR count). The first-order valence-electron chi connectivity index (χ1n) is 5.30. The van der Waals surface area contributed by atoms with Crippen LogP contribution in [0.4, 0.5) is 5.69 Å². The highest BCUT2D eigenvalue weighted by molar-refractivity contribution is 6.42. The van der Waals surface area contributed by atoms with E-state index < -0.39 is 0 Å². The fourth-order valence-electron chi connectivity index (χ4n) is 1.60. The van der Waals surface area contributed by atoms with E-state index in [4.69, 9.17) is 28.6 Å². The van der Waals surface area contributed by atoms with Gasteiger partial charge in [0.2, 0.25) is 0 Å². The molecule has 1 aromatic carbocycles. The quantitative estimate of drug-likeness (QED) is 0.542. The maximum absolute atomic E-state index is 5.96. The first-order chi connectivity index (χ1) is 8.19. The van der Waals surface area contributed by atoms with Crippen LogP contribution < -0.4 is 16.0 Å². The van der Waals surface area contributed by atoms with Gasteiger partial charge in [0.25, 0.3) is 0 Å². The Labute approximate surface area is 111 Å². The van der Waals surface area contributed by atoms with E-state index in [1.165, 1.54) is 0 Å². The summed E-state index contributed by atoms with van der Waals surface area (Å²) in [6.07, 6.45) is 0.750. The summed E-state index contributed by atoms with van der Waals surface area (Å²) in [6.45, 7) is 4.11. The first-order valence-corrected chi connectivity index (χ1v) is 6.06. The van der Waals surface area contributed by atoms with Crippen LogP contribution in [0.2, 0.25) is 10.0 Å². The minimum atomic E-state index is 0.616. The summed E-state index contributed by atoms with van der Waals surface area (Å²) in [7, 11) is 0. The average molecular weight is 275 g/mol. The zero-order valence-corrected chi connectivity index (χ0v) is 10.9. The molecule has 17 heavy (non-hydrogen) atoms. The summed E-state index contributed by atoms with van der Waals surface area (Å²) in [5, 5.41) is 10.4. The van der Waals surface area contributed by atoms with Gasteiger partial charge in [-0.15, -0.1) is 0 Å². The molecule has 0 radical (unpaired) electrons. The van der Waals surface area contributed by atoms with Crippen LogP contribution in [-0.2, 0) is 0 Å². The topological polar surface area (TPSA) is 65.1 Å². The fourth-order valence-corrected chi connectivity index (χ4v) is 1.90. The molecule has 6 heteroatoms. The third-order valence-corrected chi connectivity index (χ3v) is 3.12. The molecule has 0 bridgehead atoms. The third-order valence-electron chi connectivity index (χ3n) is 2.39. The Bertz CT molecular complexity index is 364. The number of nitrogens with one attached hydrogen (secondary N) is 2. The predicted molar refractivity (Wildman–Crippen MR) is 74.5 cm³/mol. The Kier molecular flexibility index (Phi) is 6.11. The van der Waals surface area contributed by atoms with Crippen molar-refractivity contribution in [2.45, 2.75) is 0 Å². The summed E-state index contributed by atoms with van der Waals surface area (Å²) < 4.78 is 0. The molecular formula is C11H16Cl2N4. The zero-order valence-electron chi connectivity index (χ0n) is 9.42. The van der Waals surface area contributed by atoms with Crippen LogP contribution in [0.5, 0.6) is 0 Å². The Morgan fingerprint density at radius 3 is 2.35 bits per heavy atom. The minimum absolute atomic E-state index is 0.616. The zero-order chi connectivity index (χ0) is 12.7. The van der Waals surface area contributed by atoms with Crippen molar-refractivity contribution in [2.24, 2.45) is 5.73 Å². The molecule has 0 saturated carbocycles. The Balaban J connectivity index is 0.000000437. The summed E-state index contributed by atoms with van der Waals surface area (Å²) in [5.74, 6) is 0. The number of halogens is 2. The lowest BCUT2D eigenvalue weighted by Gasteiger charge is -2.29. The van der Waals surface area contributed by atoms with E-state index in [1.807, 2.05) is 18.2 Å². The number of benzene rings is 1. The largest absolute Gasteiger partial charge is 0.390 e. The number of rotatable bonds is 1. The van der Waals surface area contributed by atoms with E-state index in [0.717, 1.165) is 38.2 Å². The van der Waals surface area contributed by atoms with Gasteiger partial charge >= 0.3 is 0 Å². The maximum Gasteiger partial charge on any atom is 0.0765 e. The number of nitrogens with zero attached hydrogens (tertiary/aromatic N) is 1. The minimum Gasteiger partial charge on any atom is -0.390 e. The molecule has 0 aliphatic carbocycles. The second kappa shape index (κ2) is 7.37. The SMILES string of the molecule is Clc1ccc(N2CCNCC2)cc1Cl.N=CN.